The van der Waals surface area contributed by atoms with Crippen molar-refractivity contribution >= 4 is 27.9 Å². The van der Waals surface area contributed by atoms with Crippen LogP contribution < -0.4 is 15.6 Å². The second-order valence-electron chi connectivity index (χ2n) is 9.07. The molecular weight excluding hydrogens is 496 g/mol. The summed E-state index contributed by atoms with van der Waals surface area (Å²) < 4.78 is 17.0. The zero-order valence-corrected chi connectivity index (χ0v) is 19.6. The van der Waals surface area contributed by atoms with Crippen LogP contribution in [-0.4, -0.2) is 26.4 Å². The monoisotopic (exact) mass is 514 g/mol. The smallest absolute Gasteiger partial charge is 0.312 e. The molecule has 10 heteroatoms. The van der Waals surface area contributed by atoms with Gasteiger partial charge in [-0.3, -0.25) is 14.4 Å². The third-order valence-electron chi connectivity index (χ3n) is 6.63. The van der Waals surface area contributed by atoms with Gasteiger partial charge in [0, 0.05) is 28.7 Å². The van der Waals surface area contributed by atoms with Crippen molar-refractivity contribution < 1.29 is 38.8 Å². The highest BCUT2D eigenvalue weighted by molar-refractivity contribution is 5.94. The van der Waals surface area contributed by atoms with Crippen molar-refractivity contribution in [3.05, 3.63) is 85.9 Å². The topological polar surface area (TPSA) is 168 Å². The Hall–Kier alpha value is -5.25. The Kier molecular flexibility index (Phi) is 4.96. The standard InChI is InChI=1S/C28H18O10/c1-11-2-5-19-14(6-11)24(33)15(10-36-19)13-8-21(32)37-20-9-18(31)23-25(34)26(35)27(38-28(23)22(13)20)12-3-4-16(29)17(30)7-12/h2-7,9-10,13,29-31,35H,8H2,1H3/t13-/m0/s1. The summed E-state index contributed by atoms with van der Waals surface area (Å²) in [4.78, 5) is 39.3. The van der Waals surface area contributed by atoms with Crippen LogP contribution in [0.25, 0.3) is 33.3 Å². The van der Waals surface area contributed by atoms with Gasteiger partial charge in [0.2, 0.25) is 11.2 Å². The van der Waals surface area contributed by atoms with Crippen LogP contribution in [-0.2, 0) is 4.79 Å². The largest absolute Gasteiger partial charge is 0.507 e. The molecule has 0 unspecified atom stereocenters. The number of esters is 1. The molecule has 0 saturated carbocycles. The van der Waals surface area contributed by atoms with Gasteiger partial charge in [0.15, 0.2) is 22.7 Å². The van der Waals surface area contributed by atoms with E-state index in [4.69, 9.17) is 13.6 Å². The van der Waals surface area contributed by atoms with Gasteiger partial charge in [0.1, 0.15) is 28.1 Å². The summed E-state index contributed by atoms with van der Waals surface area (Å²) in [5.74, 6) is -4.61. The average Bonchev–Trinajstić information content (AvgIpc) is 2.87. The van der Waals surface area contributed by atoms with E-state index in [1.807, 2.05) is 6.92 Å². The molecule has 6 rings (SSSR count). The van der Waals surface area contributed by atoms with Gasteiger partial charge in [-0.15, -0.1) is 0 Å². The predicted octanol–water partition coefficient (Wildman–Crippen LogP) is 4.14. The molecule has 4 N–H and O–H groups in total. The molecule has 0 saturated heterocycles. The van der Waals surface area contributed by atoms with Crippen LogP contribution in [0.1, 0.15) is 29.0 Å². The van der Waals surface area contributed by atoms with E-state index in [2.05, 4.69) is 0 Å². The summed E-state index contributed by atoms with van der Waals surface area (Å²) in [5, 5.41) is 40.8. The number of hydrogen-bond acceptors (Lipinski definition) is 10. The van der Waals surface area contributed by atoms with Gasteiger partial charge in [-0.1, -0.05) is 11.6 Å². The normalized spacial score (nSPS) is 15.0. The minimum atomic E-state index is -0.995. The molecule has 38 heavy (non-hydrogen) atoms. The van der Waals surface area contributed by atoms with Crippen molar-refractivity contribution in [2.75, 3.05) is 0 Å². The second kappa shape index (κ2) is 8.13. The van der Waals surface area contributed by atoms with Crippen molar-refractivity contribution in [1.29, 1.82) is 0 Å². The van der Waals surface area contributed by atoms with Gasteiger partial charge in [-0.2, -0.15) is 0 Å². The number of hydrogen-bond donors (Lipinski definition) is 4. The Morgan fingerprint density at radius 3 is 2.42 bits per heavy atom. The number of phenols is 3. The van der Waals surface area contributed by atoms with Crippen LogP contribution in [0.3, 0.4) is 0 Å². The van der Waals surface area contributed by atoms with Crippen LogP contribution in [0.5, 0.6) is 28.7 Å². The molecule has 0 bridgehead atoms. The lowest BCUT2D eigenvalue weighted by molar-refractivity contribution is -0.135. The number of carbonyl (C=O) groups is 1. The lowest BCUT2D eigenvalue weighted by atomic mass is 9.85. The number of carbonyl (C=O) groups excluding carboxylic acids is 1. The molecule has 3 aromatic carbocycles. The van der Waals surface area contributed by atoms with E-state index >= 15 is 0 Å². The van der Waals surface area contributed by atoms with Gasteiger partial charge < -0.3 is 34.0 Å². The van der Waals surface area contributed by atoms with Crippen molar-refractivity contribution in [3.63, 3.8) is 0 Å². The lowest BCUT2D eigenvalue weighted by Gasteiger charge is -2.25. The van der Waals surface area contributed by atoms with Gasteiger partial charge >= 0.3 is 5.97 Å². The highest BCUT2D eigenvalue weighted by Crippen LogP contribution is 2.47. The Balaban J connectivity index is 1.69. The summed E-state index contributed by atoms with van der Waals surface area (Å²) in [7, 11) is 0. The van der Waals surface area contributed by atoms with E-state index in [1.165, 1.54) is 12.3 Å². The van der Waals surface area contributed by atoms with Gasteiger partial charge in [-0.25, -0.2) is 0 Å². The Bertz CT molecular complexity index is 1950. The molecule has 5 aromatic rings. The van der Waals surface area contributed by atoms with Crippen molar-refractivity contribution in [2.45, 2.75) is 19.3 Å². The predicted molar refractivity (Wildman–Crippen MR) is 134 cm³/mol. The first-order valence-corrected chi connectivity index (χ1v) is 11.4. The molecule has 1 aliphatic heterocycles. The number of rotatable bonds is 2. The maximum absolute atomic E-state index is 13.5. The van der Waals surface area contributed by atoms with E-state index in [-0.39, 0.29) is 40.2 Å². The number of aromatic hydroxyl groups is 4. The summed E-state index contributed by atoms with van der Waals surface area (Å²) in [5.41, 5.74) is -0.179. The first-order valence-electron chi connectivity index (χ1n) is 11.4. The highest BCUT2D eigenvalue weighted by atomic mass is 16.5. The van der Waals surface area contributed by atoms with Crippen LogP contribution in [0, 0.1) is 6.92 Å². The van der Waals surface area contributed by atoms with Crippen LogP contribution in [0.4, 0.5) is 0 Å². The summed E-state index contributed by atoms with van der Waals surface area (Å²) in [6, 6.07) is 9.68. The summed E-state index contributed by atoms with van der Waals surface area (Å²) in [6.45, 7) is 1.82. The molecule has 0 spiro atoms. The Labute approximate surface area is 212 Å². The Morgan fingerprint density at radius 2 is 1.66 bits per heavy atom. The molecule has 0 fully saturated rings. The SMILES string of the molecule is Cc1ccc2occ([C@@H]3CC(=O)Oc4cc(O)c5c(=O)c(O)c(-c6ccc(O)c(O)c6)oc5c43)c(=O)c2c1. The molecule has 0 aliphatic carbocycles. The molecule has 1 atom stereocenters. The van der Waals surface area contributed by atoms with Crippen LogP contribution in [0.15, 0.2) is 67.2 Å². The van der Waals surface area contributed by atoms with Gasteiger partial charge in [0.25, 0.3) is 0 Å². The van der Waals surface area contributed by atoms with E-state index < -0.39 is 51.1 Å². The highest BCUT2D eigenvalue weighted by Gasteiger charge is 2.36. The Morgan fingerprint density at radius 1 is 0.868 bits per heavy atom. The zero-order valence-electron chi connectivity index (χ0n) is 19.6. The lowest BCUT2D eigenvalue weighted by Crippen LogP contribution is -2.25. The fraction of sp³-hybridized carbons (Fsp3) is 0.107. The summed E-state index contributed by atoms with van der Waals surface area (Å²) >= 11 is 0. The van der Waals surface area contributed by atoms with Crippen molar-refractivity contribution in [2.24, 2.45) is 0 Å². The fourth-order valence-corrected chi connectivity index (χ4v) is 4.81. The molecular formula is C28H18O10. The number of benzene rings is 3. The quantitative estimate of drug-likeness (QED) is 0.153. The number of aryl methyl sites for hydroxylation is 1. The number of fused-ring (bicyclic) bond motifs is 4. The maximum atomic E-state index is 13.5. The minimum Gasteiger partial charge on any atom is -0.507 e. The van der Waals surface area contributed by atoms with E-state index in [0.717, 1.165) is 23.8 Å². The first-order chi connectivity index (χ1) is 18.1. The molecule has 2 aromatic heterocycles. The van der Waals surface area contributed by atoms with Crippen molar-refractivity contribution in [3.8, 4) is 40.1 Å². The molecule has 3 heterocycles. The third kappa shape index (κ3) is 3.38. The number of phenolic OH excluding ortho intramolecular Hbond substituents is 3. The first kappa shape index (κ1) is 23.2. The van der Waals surface area contributed by atoms with Crippen molar-refractivity contribution in [1.82, 2.24) is 0 Å². The molecule has 1 aliphatic rings. The minimum absolute atomic E-state index is 0.0407. The van der Waals surface area contributed by atoms with Gasteiger partial charge in [0.05, 0.1) is 18.1 Å². The second-order valence-corrected chi connectivity index (χ2v) is 9.07. The van der Waals surface area contributed by atoms with Gasteiger partial charge in [-0.05, 0) is 37.3 Å². The molecule has 0 radical (unpaired) electrons. The molecule has 0 amide bonds. The van der Waals surface area contributed by atoms with E-state index in [9.17, 15) is 34.8 Å². The fourth-order valence-electron chi connectivity index (χ4n) is 4.81. The third-order valence-corrected chi connectivity index (χ3v) is 6.63. The van der Waals surface area contributed by atoms with E-state index in [0.29, 0.717) is 11.0 Å². The maximum Gasteiger partial charge on any atom is 0.312 e. The van der Waals surface area contributed by atoms with Crippen LogP contribution >= 0.6 is 0 Å². The van der Waals surface area contributed by atoms with Crippen LogP contribution in [0.2, 0.25) is 0 Å². The zero-order chi connectivity index (χ0) is 26.9. The molecule has 190 valence electrons. The summed E-state index contributed by atoms with van der Waals surface area (Å²) in [6.07, 6.45) is 0.943. The molecule has 10 nitrogen and oxygen atoms in total. The average molecular weight is 514 g/mol. The number of ether oxygens (including phenoxy) is 1. The van der Waals surface area contributed by atoms with E-state index in [1.54, 1.807) is 18.2 Å².